The third-order valence-corrected chi connectivity index (χ3v) is 5.01. The van der Waals surface area contributed by atoms with Crippen LogP contribution in [0.15, 0.2) is 18.2 Å². The molecule has 27 heavy (non-hydrogen) atoms. The Bertz CT molecular complexity index is 690. The number of piperazine rings is 1. The summed E-state index contributed by atoms with van der Waals surface area (Å²) in [5.41, 5.74) is 1.59. The van der Waals surface area contributed by atoms with Crippen molar-refractivity contribution in [3.05, 3.63) is 23.2 Å². The van der Waals surface area contributed by atoms with Crippen LogP contribution in [-0.2, 0) is 9.59 Å². The molecule has 0 aliphatic carbocycles. The van der Waals surface area contributed by atoms with Crippen LogP contribution < -0.4 is 15.5 Å². The smallest absolute Gasteiger partial charge is 0.226 e. The van der Waals surface area contributed by atoms with E-state index in [9.17, 15) is 9.59 Å². The van der Waals surface area contributed by atoms with E-state index in [0.29, 0.717) is 44.0 Å². The second kappa shape index (κ2) is 10.5. The first-order chi connectivity index (χ1) is 13.0. The standard InChI is InChI=1S/C19H27ClN4O2S/c1-3-5-9-16(25)22-19(27)21-15-8-6-7-14(20)18(15)24-12-10-23(11-13-24)17(26)4-2/h6-8H,3-5,9-13H2,1-2H3,(H2,21,22,25,27). The first-order valence-corrected chi connectivity index (χ1v) is 10.2. The van der Waals surface area contributed by atoms with Gasteiger partial charge in [-0.2, -0.15) is 0 Å². The number of benzene rings is 1. The van der Waals surface area contributed by atoms with Crippen LogP contribution in [0.2, 0.25) is 5.02 Å². The van der Waals surface area contributed by atoms with Gasteiger partial charge in [-0.1, -0.05) is 37.9 Å². The molecule has 0 atom stereocenters. The quantitative estimate of drug-likeness (QED) is 0.703. The number of hydrogen-bond acceptors (Lipinski definition) is 4. The highest BCUT2D eigenvalue weighted by molar-refractivity contribution is 7.80. The summed E-state index contributed by atoms with van der Waals surface area (Å²) in [6.45, 7) is 6.63. The molecule has 0 aromatic heterocycles. The largest absolute Gasteiger partial charge is 0.365 e. The Morgan fingerprint density at radius 3 is 2.52 bits per heavy atom. The van der Waals surface area contributed by atoms with Gasteiger partial charge in [-0.05, 0) is 30.8 Å². The van der Waals surface area contributed by atoms with E-state index in [2.05, 4.69) is 15.5 Å². The summed E-state index contributed by atoms with van der Waals surface area (Å²) in [5.74, 6) is 0.0766. The molecule has 8 heteroatoms. The van der Waals surface area contributed by atoms with Gasteiger partial charge in [0.15, 0.2) is 5.11 Å². The Hall–Kier alpha value is -1.86. The second-order valence-electron chi connectivity index (χ2n) is 6.46. The number of carbonyl (C=O) groups is 2. The number of thiocarbonyl (C=S) groups is 1. The summed E-state index contributed by atoms with van der Waals surface area (Å²) < 4.78 is 0. The number of anilines is 2. The average Bonchev–Trinajstić information content (AvgIpc) is 2.66. The number of hydrogen-bond donors (Lipinski definition) is 2. The molecule has 2 N–H and O–H groups in total. The van der Waals surface area contributed by atoms with Crippen LogP contribution in [0.3, 0.4) is 0 Å². The van der Waals surface area contributed by atoms with Gasteiger partial charge < -0.3 is 20.4 Å². The molecule has 1 saturated heterocycles. The molecule has 1 aliphatic heterocycles. The minimum absolute atomic E-state index is 0.0929. The van der Waals surface area contributed by atoms with Crippen molar-refractivity contribution in [2.45, 2.75) is 39.5 Å². The molecule has 148 valence electrons. The zero-order chi connectivity index (χ0) is 19.8. The monoisotopic (exact) mass is 410 g/mol. The molecule has 1 heterocycles. The maximum atomic E-state index is 11.9. The summed E-state index contributed by atoms with van der Waals surface area (Å²) >= 11 is 11.7. The number of rotatable bonds is 6. The summed E-state index contributed by atoms with van der Waals surface area (Å²) in [6.07, 6.45) is 2.76. The number of halogens is 1. The van der Waals surface area contributed by atoms with Gasteiger partial charge in [-0.25, -0.2) is 0 Å². The van der Waals surface area contributed by atoms with E-state index in [-0.39, 0.29) is 16.9 Å². The van der Waals surface area contributed by atoms with Gasteiger partial charge in [0, 0.05) is 39.0 Å². The van der Waals surface area contributed by atoms with Gasteiger partial charge in [-0.15, -0.1) is 0 Å². The topological polar surface area (TPSA) is 64.7 Å². The lowest BCUT2D eigenvalue weighted by atomic mass is 10.2. The molecule has 0 radical (unpaired) electrons. The van der Waals surface area contributed by atoms with E-state index in [1.807, 2.05) is 36.9 Å². The van der Waals surface area contributed by atoms with Crippen LogP contribution in [0.25, 0.3) is 0 Å². The lowest BCUT2D eigenvalue weighted by Crippen LogP contribution is -2.49. The van der Waals surface area contributed by atoms with E-state index < -0.39 is 0 Å². The van der Waals surface area contributed by atoms with Gasteiger partial charge >= 0.3 is 0 Å². The van der Waals surface area contributed by atoms with Gasteiger partial charge in [0.05, 0.1) is 16.4 Å². The van der Waals surface area contributed by atoms with Crippen molar-refractivity contribution in [3.63, 3.8) is 0 Å². The third-order valence-electron chi connectivity index (χ3n) is 4.50. The van der Waals surface area contributed by atoms with E-state index in [1.54, 1.807) is 0 Å². The fourth-order valence-electron chi connectivity index (χ4n) is 3.02. The molecule has 1 aromatic rings. The van der Waals surface area contributed by atoms with Crippen molar-refractivity contribution in [1.29, 1.82) is 0 Å². The number of amides is 2. The van der Waals surface area contributed by atoms with E-state index >= 15 is 0 Å². The highest BCUT2D eigenvalue weighted by Gasteiger charge is 2.23. The molecule has 1 fully saturated rings. The van der Waals surface area contributed by atoms with E-state index in [0.717, 1.165) is 24.2 Å². The summed E-state index contributed by atoms with van der Waals surface area (Å²) in [5, 5.41) is 6.67. The first-order valence-electron chi connectivity index (χ1n) is 9.38. The maximum Gasteiger partial charge on any atom is 0.226 e. The van der Waals surface area contributed by atoms with Gasteiger partial charge in [0.25, 0.3) is 0 Å². The Balaban J connectivity index is 2.05. The third kappa shape index (κ3) is 6.07. The number of nitrogens with zero attached hydrogens (tertiary/aromatic N) is 2. The van der Waals surface area contributed by atoms with Crippen LogP contribution in [0.4, 0.5) is 11.4 Å². The van der Waals surface area contributed by atoms with Crippen LogP contribution in [0.1, 0.15) is 39.5 Å². The predicted molar refractivity (Wildman–Crippen MR) is 114 cm³/mol. The number of para-hydroxylation sites is 1. The predicted octanol–water partition coefficient (Wildman–Crippen LogP) is 3.40. The molecule has 0 unspecified atom stereocenters. The zero-order valence-corrected chi connectivity index (χ0v) is 17.5. The van der Waals surface area contributed by atoms with Crippen molar-refractivity contribution in [2.75, 3.05) is 36.4 Å². The second-order valence-corrected chi connectivity index (χ2v) is 7.28. The van der Waals surface area contributed by atoms with Crippen molar-refractivity contribution < 1.29 is 9.59 Å². The summed E-state index contributed by atoms with van der Waals surface area (Å²) in [4.78, 5) is 27.8. The lowest BCUT2D eigenvalue weighted by Gasteiger charge is -2.37. The molecule has 6 nitrogen and oxygen atoms in total. The molecule has 0 spiro atoms. The van der Waals surface area contributed by atoms with Crippen LogP contribution >= 0.6 is 23.8 Å². The minimum atomic E-state index is -0.0929. The number of nitrogens with one attached hydrogen (secondary N) is 2. The fraction of sp³-hybridized carbons (Fsp3) is 0.526. The number of unbranched alkanes of at least 4 members (excludes halogenated alkanes) is 1. The lowest BCUT2D eigenvalue weighted by molar-refractivity contribution is -0.131. The first kappa shape index (κ1) is 21.4. The zero-order valence-electron chi connectivity index (χ0n) is 15.9. The molecule has 1 aliphatic rings. The van der Waals surface area contributed by atoms with Gasteiger partial charge in [0.1, 0.15) is 0 Å². The minimum Gasteiger partial charge on any atom is -0.365 e. The molecule has 0 bridgehead atoms. The molecule has 2 rings (SSSR count). The molecular formula is C19H27ClN4O2S. The van der Waals surface area contributed by atoms with Crippen molar-refractivity contribution in [3.8, 4) is 0 Å². The normalized spacial score (nSPS) is 14.0. The molecule has 2 amide bonds. The Morgan fingerprint density at radius 2 is 1.89 bits per heavy atom. The van der Waals surface area contributed by atoms with Crippen LogP contribution in [0, 0.1) is 0 Å². The van der Waals surface area contributed by atoms with Crippen molar-refractivity contribution in [1.82, 2.24) is 10.2 Å². The Kier molecular flexibility index (Phi) is 8.31. The Labute approximate surface area is 171 Å². The average molecular weight is 411 g/mol. The summed E-state index contributed by atoms with van der Waals surface area (Å²) in [7, 11) is 0. The fourth-order valence-corrected chi connectivity index (χ4v) is 3.54. The SMILES string of the molecule is CCCCC(=O)NC(=S)Nc1cccc(Cl)c1N1CCN(C(=O)CC)CC1. The van der Waals surface area contributed by atoms with E-state index in [1.165, 1.54) is 0 Å². The van der Waals surface area contributed by atoms with Gasteiger partial charge in [-0.3, -0.25) is 9.59 Å². The van der Waals surface area contributed by atoms with Crippen LogP contribution in [0.5, 0.6) is 0 Å². The summed E-state index contributed by atoms with van der Waals surface area (Å²) in [6, 6.07) is 5.55. The van der Waals surface area contributed by atoms with Crippen molar-refractivity contribution in [2.24, 2.45) is 0 Å². The van der Waals surface area contributed by atoms with E-state index in [4.69, 9.17) is 23.8 Å². The molecule has 1 aromatic carbocycles. The van der Waals surface area contributed by atoms with Crippen LogP contribution in [-0.4, -0.2) is 48.0 Å². The Morgan fingerprint density at radius 1 is 1.19 bits per heavy atom. The van der Waals surface area contributed by atoms with Gasteiger partial charge in [0.2, 0.25) is 11.8 Å². The number of carbonyl (C=O) groups excluding carboxylic acids is 2. The molecular weight excluding hydrogens is 384 g/mol. The highest BCUT2D eigenvalue weighted by Crippen LogP contribution is 2.34. The highest BCUT2D eigenvalue weighted by atomic mass is 35.5. The van der Waals surface area contributed by atoms with Crippen molar-refractivity contribution >= 4 is 52.1 Å². The molecule has 0 saturated carbocycles. The maximum absolute atomic E-state index is 11.9.